The summed E-state index contributed by atoms with van der Waals surface area (Å²) in [5, 5.41) is 12.6. The van der Waals surface area contributed by atoms with E-state index in [9.17, 15) is 19.5 Å². The number of benzene rings is 2. The Bertz CT molecular complexity index is 1110. The molecule has 0 bridgehead atoms. The van der Waals surface area contributed by atoms with Gasteiger partial charge in [-0.25, -0.2) is 9.59 Å². The number of ether oxygens (including phenoxy) is 2. The number of carboxylic acid groups (broad SMARTS) is 1. The highest BCUT2D eigenvalue weighted by Crippen LogP contribution is 2.45. The molecule has 8 nitrogen and oxygen atoms in total. The molecule has 2 N–H and O–H groups in total. The summed E-state index contributed by atoms with van der Waals surface area (Å²) in [6.07, 6.45) is 1.71. The first-order chi connectivity index (χ1) is 16.9. The zero-order valence-electron chi connectivity index (χ0n) is 19.8. The Kier molecular flexibility index (Phi) is 6.01. The van der Waals surface area contributed by atoms with Gasteiger partial charge in [-0.3, -0.25) is 4.79 Å². The topological polar surface area (TPSA) is 105 Å². The van der Waals surface area contributed by atoms with Crippen molar-refractivity contribution in [3.63, 3.8) is 0 Å². The average molecular weight is 479 g/mol. The number of likely N-dealkylation sites (N-methyl/N-ethyl adjacent to an activating group) is 1. The molecule has 1 saturated heterocycles. The van der Waals surface area contributed by atoms with E-state index in [1.165, 1.54) is 11.9 Å². The number of amides is 2. The van der Waals surface area contributed by atoms with Crippen molar-refractivity contribution in [3.8, 4) is 11.1 Å². The quantitative estimate of drug-likeness (QED) is 0.632. The Morgan fingerprint density at radius 1 is 1.06 bits per heavy atom. The van der Waals surface area contributed by atoms with Gasteiger partial charge in [0.25, 0.3) is 0 Å². The van der Waals surface area contributed by atoms with E-state index in [0.29, 0.717) is 19.4 Å². The number of aliphatic carboxylic acids is 1. The number of alkyl carbamates (subject to hydrolysis) is 1. The average Bonchev–Trinajstić information content (AvgIpc) is 3.46. The number of nitrogens with zero attached hydrogens (tertiary/aromatic N) is 1. The van der Waals surface area contributed by atoms with Crippen molar-refractivity contribution in [1.29, 1.82) is 0 Å². The van der Waals surface area contributed by atoms with Crippen LogP contribution in [0, 0.1) is 5.41 Å². The Balaban J connectivity index is 1.22. The summed E-state index contributed by atoms with van der Waals surface area (Å²) in [4.78, 5) is 39.4. The van der Waals surface area contributed by atoms with Crippen molar-refractivity contribution >= 4 is 18.0 Å². The predicted octanol–water partition coefficient (Wildman–Crippen LogP) is 3.40. The minimum Gasteiger partial charge on any atom is -0.479 e. The van der Waals surface area contributed by atoms with Gasteiger partial charge in [-0.2, -0.15) is 0 Å². The monoisotopic (exact) mass is 478 g/mol. The summed E-state index contributed by atoms with van der Waals surface area (Å²) in [6.45, 7) is 0.582. The van der Waals surface area contributed by atoms with Gasteiger partial charge in [0.1, 0.15) is 6.61 Å². The molecule has 0 aromatic heterocycles. The van der Waals surface area contributed by atoms with Crippen molar-refractivity contribution in [3.05, 3.63) is 59.7 Å². The highest BCUT2D eigenvalue weighted by molar-refractivity contribution is 5.91. The first kappa shape index (κ1) is 23.4. The number of fused-ring (bicyclic) bond motifs is 3. The summed E-state index contributed by atoms with van der Waals surface area (Å²) in [5.74, 6) is -1.38. The van der Waals surface area contributed by atoms with Gasteiger partial charge in [0.05, 0.1) is 12.0 Å². The molecule has 2 amide bonds. The Morgan fingerprint density at radius 2 is 1.69 bits per heavy atom. The molecule has 1 saturated carbocycles. The first-order valence-electron chi connectivity index (χ1n) is 12.1. The van der Waals surface area contributed by atoms with E-state index in [4.69, 9.17) is 9.47 Å². The van der Waals surface area contributed by atoms with Crippen molar-refractivity contribution in [1.82, 2.24) is 10.2 Å². The second-order valence-electron chi connectivity index (χ2n) is 9.82. The number of nitrogens with one attached hydrogen (secondary N) is 1. The minimum atomic E-state index is -1.36. The molecule has 35 heavy (non-hydrogen) atoms. The van der Waals surface area contributed by atoms with Crippen LogP contribution in [0.5, 0.6) is 0 Å². The normalized spacial score (nSPS) is 22.0. The Morgan fingerprint density at radius 3 is 2.20 bits per heavy atom. The van der Waals surface area contributed by atoms with E-state index in [-0.39, 0.29) is 38.0 Å². The van der Waals surface area contributed by atoms with Gasteiger partial charge in [0.15, 0.2) is 5.54 Å². The van der Waals surface area contributed by atoms with Crippen LogP contribution in [0.15, 0.2) is 48.5 Å². The van der Waals surface area contributed by atoms with Gasteiger partial charge in [-0.15, -0.1) is 0 Å². The molecule has 0 spiro atoms. The third-order valence-electron chi connectivity index (χ3n) is 8.02. The Labute approximate surface area is 204 Å². The Hall–Kier alpha value is -3.39. The van der Waals surface area contributed by atoms with E-state index in [1.54, 1.807) is 0 Å². The summed E-state index contributed by atoms with van der Waals surface area (Å²) < 4.78 is 10.9. The van der Waals surface area contributed by atoms with Crippen LogP contribution in [0.4, 0.5) is 4.79 Å². The number of carbonyl (C=O) groups excluding carboxylic acids is 2. The maximum absolute atomic E-state index is 13.4. The van der Waals surface area contributed by atoms with E-state index >= 15 is 0 Å². The van der Waals surface area contributed by atoms with Crippen LogP contribution < -0.4 is 5.32 Å². The van der Waals surface area contributed by atoms with Gasteiger partial charge in [-0.1, -0.05) is 55.0 Å². The molecule has 2 fully saturated rings. The van der Waals surface area contributed by atoms with Crippen LogP contribution in [0.2, 0.25) is 0 Å². The SMILES string of the molecule is CN(C(=O)C1(CNC(=O)OCC2c3ccccc3-c3ccccc32)CCC1)C1(C(=O)O)CCOC1. The van der Waals surface area contributed by atoms with E-state index in [0.717, 1.165) is 28.7 Å². The number of carboxylic acids is 1. The lowest BCUT2D eigenvalue weighted by molar-refractivity contribution is -0.165. The van der Waals surface area contributed by atoms with Crippen molar-refractivity contribution in [2.75, 3.05) is 33.4 Å². The minimum absolute atomic E-state index is 0.0273. The zero-order valence-corrected chi connectivity index (χ0v) is 19.8. The number of carbonyl (C=O) groups is 3. The molecule has 2 aromatic rings. The molecule has 2 aliphatic carbocycles. The third kappa shape index (κ3) is 3.86. The van der Waals surface area contributed by atoms with E-state index in [2.05, 4.69) is 29.6 Å². The third-order valence-corrected chi connectivity index (χ3v) is 8.02. The molecule has 1 aliphatic heterocycles. The molecular formula is C27H30N2O6. The fraction of sp³-hybridized carbons (Fsp3) is 0.444. The first-order valence-corrected chi connectivity index (χ1v) is 12.1. The van der Waals surface area contributed by atoms with Gasteiger partial charge in [0, 0.05) is 32.5 Å². The standard InChI is InChI=1S/C27H30N2O6/c1-29(27(24(31)32)13-14-34-17-27)23(30)26(11-6-12-26)16-28-25(33)35-15-22-20-9-4-2-7-18(20)19-8-3-5-10-21(19)22/h2-5,7-10,22H,6,11-17H2,1H3,(H,28,33)(H,31,32). The molecule has 1 atom stereocenters. The molecular weight excluding hydrogens is 448 g/mol. The van der Waals surface area contributed by atoms with Crippen LogP contribution in [0.1, 0.15) is 42.7 Å². The van der Waals surface area contributed by atoms with Crippen LogP contribution >= 0.6 is 0 Å². The largest absolute Gasteiger partial charge is 0.479 e. The van der Waals surface area contributed by atoms with Crippen LogP contribution in [-0.4, -0.2) is 66.9 Å². The maximum Gasteiger partial charge on any atom is 0.407 e. The number of hydrogen-bond donors (Lipinski definition) is 2. The van der Waals surface area contributed by atoms with Crippen LogP contribution in [0.25, 0.3) is 11.1 Å². The zero-order chi connectivity index (χ0) is 24.6. The molecule has 0 radical (unpaired) electrons. The molecule has 1 unspecified atom stereocenters. The van der Waals surface area contributed by atoms with Gasteiger partial charge in [0.2, 0.25) is 5.91 Å². The van der Waals surface area contributed by atoms with Gasteiger partial charge < -0.3 is 24.8 Å². The lowest BCUT2D eigenvalue weighted by Crippen LogP contribution is -2.62. The lowest BCUT2D eigenvalue weighted by Gasteiger charge is -2.46. The van der Waals surface area contributed by atoms with E-state index < -0.39 is 23.0 Å². The number of rotatable bonds is 7. The van der Waals surface area contributed by atoms with Crippen LogP contribution in [-0.2, 0) is 19.1 Å². The predicted molar refractivity (Wildman–Crippen MR) is 128 cm³/mol. The molecule has 8 heteroatoms. The highest BCUT2D eigenvalue weighted by atomic mass is 16.5. The maximum atomic E-state index is 13.4. The molecule has 3 aliphatic rings. The molecule has 1 heterocycles. The second-order valence-corrected chi connectivity index (χ2v) is 9.82. The van der Waals surface area contributed by atoms with Gasteiger partial charge in [-0.05, 0) is 35.1 Å². The fourth-order valence-electron chi connectivity index (χ4n) is 5.64. The molecule has 184 valence electrons. The summed E-state index contributed by atoms with van der Waals surface area (Å²) >= 11 is 0. The molecule has 2 aromatic carbocycles. The lowest BCUT2D eigenvalue weighted by atomic mass is 9.67. The van der Waals surface area contributed by atoms with Crippen LogP contribution in [0.3, 0.4) is 0 Å². The van der Waals surface area contributed by atoms with Crippen molar-refractivity contribution < 1.29 is 29.0 Å². The highest BCUT2D eigenvalue weighted by Gasteiger charge is 2.54. The molecule has 5 rings (SSSR count). The fourth-order valence-corrected chi connectivity index (χ4v) is 5.64. The summed E-state index contributed by atoms with van der Waals surface area (Å²) in [5.41, 5.74) is 2.40. The van der Waals surface area contributed by atoms with Crippen molar-refractivity contribution in [2.45, 2.75) is 37.1 Å². The second kappa shape index (κ2) is 9.00. The number of hydrogen-bond acceptors (Lipinski definition) is 5. The summed E-state index contributed by atoms with van der Waals surface area (Å²) in [6, 6.07) is 16.3. The van der Waals surface area contributed by atoms with E-state index in [1.807, 2.05) is 24.3 Å². The van der Waals surface area contributed by atoms with Gasteiger partial charge >= 0.3 is 12.1 Å². The van der Waals surface area contributed by atoms with Crippen molar-refractivity contribution in [2.24, 2.45) is 5.41 Å². The summed E-state index contributed by atoms with van der Waals surface area (Å²) in [7, 11) is 1.53. The smallest absolute Gasteiger partial charge is 0.407 e.